The van der Waals surface area contributed by atoms with Crippen LogP contribution in [0, 0.1) is 5.92 Å². The minimum absolute atomic E-state index is 0.000580. The Bertz CT molecular complexity index is 355. The largest absolute Gasteiger partial charge is 0.376 e. The van der Waals surface area contributed by atoms with Crippen molar-refractivity contribution in [1.29, 1.82) is 0 Å². The number of carbonyl (C=O) groups is 2. The average molecular weight is 284 g/mol. The molecule has 6 nitrogen and oxygen atoms in total. The summed E-state index contributed by atoms with van der Waals surface area (Å²) in [4.78, 5) is 26.1. The molecule has 0 aliphatic carbocycles. The van der Waals surface area contributed by atoms with Crippen LogP contribution in [-0.4, -0.2) is 61.8 Å². The fourth-order valence-electron chi connectivity index (χ4n) is 2.54. The second-order valence-corrected chi connectivity index (χ2v) is 5.53. The molecule has 2 aliphatic heterocycles. The van der Waals surface area contributed by atoms with E-state index in [1.165, 1.54) is 0 Å². The highest BCUT2D eigenvalue weighted by Crippen LogP contribution is 2.15. The van der Waals surface area contributed by atoms with Gasteiger partial charge in [-0.3, -0.25) is 9.59 Å². The summed E-state index contributed by atoms with van der Waals surface area (Å²) in [7, 11) is 0. The molecule has 2 saturated heterocycles. The molecule has 0 bridgehead atoms. The third kappa shape index (κ3) is 3.70. The molecule has 1 N–H and O–H groups in total. The lowest BCUT2D eigenvalue weighted by molar-refractivity contribution is -0.140. The molecule has 2 amide bonds. The first-order valence-corrected chi connectivity index (χ1v) is 7.39. The van der Waals surface area contributed by atoms with Gasteiger partial charge in [-0.25, -0.2) is 0 Å². The normalized spacial score (nSPS) is 29.8. The summed E-state index contributed by atoms with van der Waals surface area (Å²) in [6.07, 6.45) is 1.12. The third-order valence-corrected chi connectivity index (χ3v) is 4.02. The van der Waals surface area contributed by atoms with Crippen LogP contribution < -0.4 is 5.32 Å². The maximum Gasteiger partial charge on any atom is 0.245 e. The first kappa shape index (κ1) is 15.3. The number of ether oxygens (including phenoxy) is 2. The van der Waals surface area contributed by atoms with Gasteiger partial charge in [-0.05, 0) is 5.92 Å². The SMILES string of the molecule is CCC(C)C1NC(=O)CCN(CC2COCCO2)C1=O. The Morgan fingerprint density at radius 1 is 1.40 bits per heavy atom. The van der Waals surface area contributed by atoms with Crippen molar-refractivity contribution in [2.45, 2.75) is 38.8 Å². The predicted octanol–water partition coefficient (Wildman–Crippen LogP) is 0.165. The van der Waals surface area contributed by atoms with Crippen LogP contribution in [0.5, 0.6) is 0 Å². The highest BCUT2D eigenvalue weighted by Gasteiger charge is 2.34. The number of carbonyl (C=O) groups excluding carboxylic acids is 2. The van der Waals surface area contributed by atoms with Gasteiger partial charge in [0.15, 0.2) is 0 Å². The Kier molecular flexibility index (Phi) is 5.37. The molecule has 0 aromatic rings. The Labute approximate surface area is 119 Å². The van der Waals surface area contributed by atoms with Crippen molar-refractivity contribution in [3.63, 3.8) is 0 Å². The van der Waals surface area contributed by atoms with Crippen molar-refractivity contribution in [3.05, 3.63) is 0 Å². The van der Waals surface area contributed by atoms with Crippen LogP contribution in [0.1, 0.15) is 26.7 Å². The third-order valence-electron chi connectivity index (χ3n) is 4.02. The zero-order chi connectivity index (χ0) is 14.5. The van der Waals surface area contributed by atoms with E-state index in [1.54, 1.807) is 4.90 Å². The Morgan fingerprint density at radius 3 is 2.85 bits per heavy atom. The summed E-state index contributed by atoms with van der Waals surface area (Å²) in [5.74, 6) is 0.0851. The second-order valence-electron chi connectivity index (χ2n) is 5.53. The summed E-state index contributed by atoms with van der Waals surface area (Å²) in [5, 5.41) is 2.84. The van der Waals surface area contributed by atoms with E-state index in [4.69, 9.17) is 9.47 Å². The molecule has 2 heterocycles. The van der Waals surface area contributed by atoms with Crippen LogP contribution in [0.25, 0.3) is 0 Å². The van der Waals surface area contributed by atoms with Crippen LogP contribution in [-0.2, 0) is 19.1 Å². The average Bonchev–Trinajstić information content (AvgIpc) is 2.61. The van der Waals surface area contributed by atoms with Gasteiger partial charge >= 0.3 is 0 Å². The van der Waals surface area contributed by atoms with Gasteiger partial charge in [0.25, 0.3) is 0 Å². The number of nitrogens with zero attached hydrogens (tertiary/aromatic N) is 1. The smallest absolute Gasteiger partial charge is 0.245 e. The van der Waals surface area contributed by atoms with Gasteiger partial charge < -0.3 is 19.7 Å². The Hall–Kier alpha value is -1.14. The van der Waals surface area contributed by atoms with E-state index in [-0.39, 0.29) is 23.8 Å². The van der Waals surface area contributed by atoms with E-state index < -0.39 is 6.04 Å². The standard InChI is InChI=1S/C14H24N2O4/c1-3-10(2)13-14(18)16(5-4-12(17)15-13)8-11-9-19-6-7-20-11/h10-11,13H,3-9H2,1-2H3,(H,15,17). The molecule has 2 rings (SSSR count). The predicted molar refractivity (Wildman–Crippen MR) is 73.1 cm³/mol. The molecular weight excluding hydrogens is 260 g/mol. The lowest BCUT2D eigenvalue weighted by Gasteiger charge is -2.31. The molecule has 6 heteroatoms. The highest BCUT2D eigenvalue weighted by molar-refractivity contribution is 5.90. The zero-order valence-electron chi connectivity index (χ0n) is 12.3. The number of amides is 2. The van der Waals surface area contributed by atoms with E-state index in [0.717, 1.165) is 6.42 Å². The van der Waals surface area contributed by atoms with E-state index in [1.807, 2.05) is 13.8 Å². The molecule has 0 saturated carbocycles. The molecule has 0 aromatic carbocycles. The second kappa shape index (κ2) is 7.04. The van der Waals surface area contributed by atoms with Gasteiger partial charge in [0, 0.05) is 19.5 Å². The van der Waals surface area contributed by atoms with Gasteiger partial charge in [0.2, 0.25) is 11.8 Å². The van der Waals surface area contributed by atoms with Gasteiger partial charge in [-0.2, -0.15) is 0 Å². The van der Waals surface area contributed by atoms with Crippen molar-refractivity contribution in [2.24, 2.45) is 5.92 Å². The highest BCUT2D eigenvalue weighted by atomic mass is 16.6. The van der Waals surface area contributed by atoms with E-state index in [0.29, 0.717) is 39.3 Å². The first-order chi connectivity index (χ1) is 9.61. The van der Waals surface area contributed by atoms with Gasteiger partial charge in [-0.1, -0.05) is 20.3 Å². The van der Waals surface area contributed by atoms with Gasteiger partial charge in [-0.15, -0.1) is 0 Å². The summed E-state index contributed by atoms with van der Waals surface area (Å²) >= 11 is 0. The fourth-order valence-corrected chi connectivity index (χ4v) is 2.54. The Morgan fingerprint density at radius 2 is 2.20 bits per heavy atom. The number of hydrogen-bond acceptors (Lipinski definition) is 4. The molecule has 0 spiro atoms. The molecule has 2 fully saturated rings. The van der Waals surface area contributed by atoms with E-state index >= 15 is 0 Å². The molecule has 20 heavy (non-hydrogen) atoms. The van der Waals surface area contributed by atoms with Crippen LogP contribution in [0.4, 0.5) is 0 Å². The van der Waals surface area contributed by atoms with Crippen LogP contribution >= 0.6 is 0 Å². The molecule has 114 valence electrons. The maximum atomic E-state index is 12.6. The first-order valence-electron chi connectivity index (χ1n) is 7.39. The Balaban J connectivity index is 2.02. The number of rotatable bonds is 4. The molecule has 3 atom stereocenters. The van der Waals surface area contributed by atoms with Gasteiger partial charge in [0.1, 0.15) is 6.04 Å². The lowest BCUT2D eigenvalue weighted by atomic mass is 9.98. The van der Waals surface area contributed by atoms with E-state index in [2.05, 4.69) is 5.32 Å². The van der Waals surface area contributed by atoms with Crippen LogP contribution in [0.15, 0.2) is 0 Å². The molecular formula is C14H24N2O4. The van der Waals surface area contributed by atoms with Gasteiger partial charge in [0.05, 0.1) is 25.9 Å². The van der Waals surface area contributed by atoms with Crippen molar-refractivity contribution < 1.29 is 19.1 Å². The van der Waals surface area contributed by atoms with Crippen molar-refractivity contribution in [2.75, 3.05) is 32.9 Å². The van der Waals surface area contributed by atoms with Crippen LogP contribution in [0.2, 0.25) is 0 Å². The molecule has 0 aromatic heterocycles. The monoisotopic (exact) mass is 284 g/mol. The molecule has 2 aliphatic rings. The summed E-state index contributed by atoms with van der Waals surface area (Å²) in [6.45, 7) is 6.67. The van der Waals surface area contributed by atoms with Crippen molar-refractivity contribution in [1.82, 2.24) is 10.2 Å². The van der Waals surface area contributed by atoms with Crippen LogP contribution in [0.3, 0.4) is 0 Å². The fraction of sp³-hybridized carbons (Fsp3) is 0.857. The number of nitrogens with one attached hydrogen (secondary N) is 1. The topological polar surface area (TPSA) is 67.9 Å². The quantitative estimate of drug-likeness (QED) is 0.799. The molecule has 0 radical (unpaired) electrons. The van der Waals surface area contributed by atoms with Crippen molar-refractivity contribution in [3.8, 4) is 0 Å². The summed E-state index contributed by atoms with van der Waals surface area (Å²) in [5.41, 5.74) is 0. The minimum atomic E-state index is -0.417. The summed E-state index contributed by atoms with van der Waals surface area (Å²) < 4.78 is 11.0. The zero-order valence-corrected chi connectivity index (χ0v) is 12.3. The summed E-state index contributed by atoms with van der Waals surface area (Å²) in [6, 6.07) is -0.417. The van der Waals surface area contributed by atoms with E-state index in [9.17, 15) is 9.59 Å². The number of hydrogen-bond donors (Lipinski definition) is 1. The molecule has 3 unspecified atom stereocenters. The lowest BCUT2D eigenvalue weighted by Crippen LogP contribution is -2.51. The maximum absolute atomic E-state index is 12.6. The minimum Gasteiger partial charge on any atom is -0.376 e. The van der Waals surface area contributed by atoms with Crippen molar-refractivity contribution >= 4 is 11.8 Å².